The summed E-state index contributed by atoms with van der Waals surface area (Å²) in [5, 5.41) is 0. The van der Waals surface area contributed by atoms with Crippen molar-refractivity contribution in [3.05, 3.63) is 52.8 Å². The molecule has 0 fully saturated rings. The lowest BCUT2D eigenvalue weighted by atomic mass is 10.0. The highest BCUT2D eigenvalue weighted by Crippen LogP contribution is 2.28. The third kappa shape index (κ3) is 1.78. The first-order chi connectivity index (χ1) is 9.49. The van der Waals surface area contributed by atoms with Gasteiger partial charge in [0.05, 0.1) is 11.4 Å². The van der Waals surface area contributed by atoms with E-state index in [9.17, 15) is 0 Å². The van der Waals surface area contributed by atoms with Crippen molar-refractivity contribution in [2.45, 2.75) is 27.7 Å². The summed E-state index contributed by atoms with van der Waals surface area (Å²) in [4.78, 5) is 4.75. The summed E-state index contributed by atoms with van der Waals surface area (Å²) in [6.45, 7) is 8.34. The first kappa shape index (κ1) is 12.7. The van der Waals surface area contributed by atoms with E-state index >= 15 is 0 Å². The van der Waals surface area contributed by atoms with E-state index in [1.807, 2.05) is 19.2 Å². The van der Waals surface area contributed by atoms with Crippen LogP contribution in [0, 0.1) is 27.7 Å². The second kappa shape index (κ2) is 4.37. The molecule has 0 saturated carbocycles. The number of nitrogen functional groups attached to an aromatic ring is 1. The number of pyridine rings is 1. The van der Waals surface area contributed by atoms with Gasteiger partial charge in [-0.25, -0.2) is 4.98 Å². The Kier molecular flexibility index (Phi) is 2.78. The van der Waals surface area contributed by atoms with Gasteiger partial charge in [0.2, 0.25) is 0 Å². The van der Waals surface area contributed by atoms with Gasteiger partial charge in [-0.2, -0.15) is 0 Å². The number of rotatable bonds is 1. The van der Waals surface area contributed by atoms with Crippen LogP contribution in [0.4, 0.5) is 5.69 Å². The zero-order valence-electron chi connectivity index (χ0n) is 12.4. The quantitative estimate of drug-likeness (QED) is 0.727. The number of fused-ring (bicyclic) bond motifs is 1. The fourth-order valence-corrected chi connectivity index (χ4v) is 2.50. The third-order valence-electron chi connectivity index (χ3n) is 4.07. The van der Waals surface area contributed by atoms with Gasteiger partial charge in [0.1, 0.15) is 0 Å². The molecule has 0 aliphatic rings. The molecule has 0 amide bonds. The second-order valence-corrected chi connectivity index (χ2v) is 5.45. The molecule has 3 heteroatoms. The van der Waals surface area contributed by atoms with Crippen LogP contribution >= 0.6 is 0 Å². The highest BCUT2D eigenvalue weighted by Gasteiger charge is 2.13. The van der Waals surface area contributed by atoms with Crippen LogP contribution in [0.1, 0.15) is 22.4 Å². The number of imidazole rings is 1. The maximum absolute atomic E-state index is 6.15. The van der Waals surface area contributed by atoms with Crippen molar-refractivity contribution in [1.82, 2.24) is 9.38 Å². The van der Waals surface area contributed by atoms with E-state index in [1.54, 1.807) is 0 Å². The molecule has 0 radical (unpaired) electrons. The topological polar surface area (TPSA) is 43.3 Å². The lowest BCUT2D eigenvalue weighted by molar-refractivity contribution is 1.10. The fraction of sp³-hybridized carbons (Fsp3) is 0.235. The third-order valence-corrected chi connectivity index (χ3v) is 4.07. The van der Waals surface area contributed by atoms with E-state index in [2.05, 4.69) is 43.4 Å². The summed E-state index contributed by atoms with van der Waals surface area (Å²) < 4.78 is 2.06. The zero-order chi connectivity index (χ0) is 14.4. The molecular weight excluding hydrogens is 246 g/mol. The molecule has 2 heterocycles. The summed E-state index contributed by atoms with van der Waals surface area (Å²) >= 11 is 0. The molecule has 0 aliphatic carbocycles. The van der Waals surface area contributed by atoms with Crippen LogP contribution in [0.25, 0.3) is 16.9 Å². The van der Waals surface area contributed by atoms with Crippen LogP contribution < -0.4 is 5.73 Å². The number of aromatic nitrogens is 2. The van der Waals surface area contributed by atoms with Crippen molar-refractivity contribution in [1.29, 1.82) is 0 Å². The standard InChI is InChI=1S/C17H19N3/c1-10-5-6-14(9-12(10)3)16-13(4)20-8-7-11(2)15(18)17(20)19-16/h5-9H,18H2,1-4H3. The van der Waals surface area contributed by atoms with Crippen LogP contribution in [0.3, 0.4) is 0 Å². The molecule has 0 saturated heterocycles. The summed E-state index contributed by atoms with van der Waals surface area (Å²) in [5.41, 5.74) is 14.7. The van der Waals surface area contributed by atoms with E-state index in [4.69, 9.17) is 10.7 Å². The van der Waals surface area contributed by atoms with Crippen LogP contribution in [0.15, 0.2) is 30.5 Å². The zero-order valence-corrected chi connectivity index (χ0v) is 12.4. The average Bonchev–Trinajstić information content (AvgIpc) is 2.75. The minimum atomic E-state index is 0.755. The van der Waals surface area contributed by atoms with Crippen molar-refractivity contribution in [2.24, 2.45) is 0 Å². The molecule has 2 N–H and O–H groups in total. The van der Waals surface area contributed by atoms with Gasteiger partial charge in [-0.05, 0) is 56.5 Å². The van der Waals surface area contributed by atoms with Crippen LogP contribution in [0.2, 0.25) is 0 Å². The Bertz CT molecular complexity index is 813. The lowest BCUT2D eigenvalue weighted by Gasteiger charge is -2.04. The molecule has 102 valence electrons. The molecule has 0 unspecified atom stereocenters. The van der Waals surface area contributed by atoms with Crippen LogP contribution in [0.5, 0.6) is 0 Å². The summed E-state index contributed by atoms with van der Waals surface area (Å²) in [5.74, 6) is 0. The number of anilines is 1. The number of benzene rings is 1. The SMILES string of the molecule is Cc1ccc(-c2nc3c(N)c(C)ccn3c2C)cc1C. The monoisotopic (exact) mass is 265 g/mol. The normalized spacial score (nSPS) is 11.2. The number of nitrogens with zero attached hydrogens (tertiary/aromatic N) is 2. The van der Waals surface area contributed by atoms with Crippen molar-refractivity contribution >= 4 is 11.3 Å². The van der Waals surface area contributed by atoms with Crippen molar-refractivity contribution < 1.29 is 0 Å². The van der Waals surface area contributed by atoms with Crippen molar-refractivity contribution in [3.63, 3.8) is 0 Å². The largest absolute Gasteiger partial charge is 0.395 e. The van der Waals surface area contributed by atoms with Crippen LogP contribution in [-0.2, 0) is 0 Å². The highest BCUT2D eigenvalue weighted by atomic mass is 15.0. The molecule has 0 aliphatic heterocycles. The van der Waals surface area contributed by atoms with Gasteiger partial charge in [-0.1, -0.05) is 12.1 Å². The van der Waals surface area contributed by atoms with Crippen molar-refractivity contribution in [3.8, 4) is 11.3 Å². The summed E-state index contributed by atoms with van der Waals surface area (Å²) in [6.07, 6.45) is 2.04. The van der Waals surface area contributed by atoms with Gasteiger partial charge in [-0.15, -0.1) is 0 Å². The Morgan fingerprint density at radius 2 is 1.70 bits per heavy atom. The van der Waals surface area contributed by atoms with E-state index in [0.717, 1.165) is 33.8 Å². The number of nitrogens with two attached hydrogens (primary N) is 1. The molecule has 1 aromatic carbocycles. The van der Waals surface area contributed by atoms with E-state index in [0.29, 0.717) is 0 Å². The maximum Gasteiger partial charge on any atom is 0.161 e. The molecule has 3 aromatic rings. The predicted molar refractivity (Wildman–Crippen MR) is 84.0 cm³/mol. The Labute approximate surface area is 119 Å². The fourth-order valence-electron chi connectivity index (χ4n) is 2.50. The Morgan fingerprint density at radius 3 is 2.40 bits per heavy atom. The molecular formula is C17H19N3. The first-order valence-electron chi connectivity index (χ1n) is 6.80. The van der Waals surface area contributed by atoms with Crippen LogP contribution in [-0.4, -0.2) is 9.38 Å². The molecule has 3 nitrogen and oxygen atoms in total. The summed E-state index contributed by atoms with van der Waals surface area (Å²) in [7, 11) is 0. The smallest absolute Gasteiger partial charge is 0.161 e. The van der Waals surface area contributed by atoms with Gasteiger partial charge in [0, 0.05) is 17.5 Å². The molecule has 0 spiro atoms. The Hall–Kier alpha value is -2.29. The lowest BCUT2D eigenvalue weighted by Crippen LogP contribution is -1.96. The molecule has 2 aromatic heterocycles. The van der Waals surface area contributed by atoms with Crippen molar-refractivity contribution in [2.75, 3.05) is 5.73 Å². The first-order valence-corrected chi connectivity index (χ1v) is 6.80. The van der Waals surface area contributed by atoms with Gasteiger partial charge in [0.15, 0.2) is 5.65 Å². The highest BCUT2D eigenvalue weighted by molar-refractivity contribution is 5.75. The van der Waals surface area contributed by atoms with E-state index in [1.165, 1.54) is 11.1 Å². The minimum Gasteiger partial charge on any atom is -0.395 e. The average molecular weight is 265 g/mol. The molecule has 20 heavy (non-hydrogen) atoms. The second-order valence-electron chi connectivity index (χ2n) is 5.45. The Morgan fingerprint density at radius 1 is 0.950 bits per heavy atom. The Balaban J connectivity index is 2.29. The van der Waals surface area contributed by atoms with Gasteiger partial charge in [-0.3, -0.25) is 0 Å². The summed E-state index contributed by atoms with van der Waals surface area (Å²) in [6, 6.07) is 8.48. The molecule has 3 rings (SSSR count). The van der Waals surface area contributed by atoms with E-state index in [-0.39, 0.29) is 0 Å². The number of hydrogen-bond acceptors (Lipinski definition) is 2. The van der Waals surface area contributed by atoms with Gasteiger partial charge in [0.25, 0.3) is 0 Å². The molecule has 0 bridgehead atoms. The minimum absolute atomic E-state index is 0.755. The van der Waals surface area contributed by atoms with Gasteiger partial charge >= 0.3 is 0 Å². The number of aryl methyl sites for hydroxylation is 4. The maximum atomic E-state index is 6.15. The van der Waals surface area contributed by atoms with Gasteiger partial charge < -0.3 is 10.1 Å². The molecule has 0 atom stereocenters. The van der Waals surface area contributed by atoms with E-state index < -0.39 is 0 Å². The number of hydrogen-bond donors (Lipinski definition) is 1. The predicted octanol–water partition coefficient (Wildman–Crippen LogP) is 3.82.